The third-order valence-electron chi connectivity index (χ3n) is 4.16. The van der Waals surface area contributed by atoms with Crippen LogP contribution >= 0.6 is 0 Å². The van der Waals surface area contributed by atoms with Gasteiger partial charge in [0.05, 0.1) is 28.5 Å². The van der Waals surface area contributed by atoms with Crippen molar-refractivity contribution < 1.29 is 8.91 Å². The lowest BCUT2D eigenvalue weighted by Crippen LogP contribution is -2.04. The molecule has 24 heavy (non-hydrogen) atoms. The summed E-state index contributed by atoms with van der Waals surface area (Å²) >= 11 is 0. The molecule has 3 aromatic heterocycles. The topological polar surface area (TPSA) is 87.4 Å². The van der Waals surface area contributed by atoms with Crippen molar-refractivity contribution in [2.24, 2.45) is 0 Å². The number of aromatic nitrogens is 7. The maximum Gasteiger partial charge on any atom is 0.222 e. The van der Waals surface area contributed by atoms with Gasteiger partial charge in [-0.15, -0.1) is 5.10 Å². The molecule has 1 aliphatic rings. The predicted molar refractivity (Wildman–Crippen MR) is 79.3 cm³/mol. The Morgan fingerprint density at radius 2 is 2.08 bits per heavy atom. The Labute approximate surface area is 134 Å². The normalized spacial score (nSPS) is 12.4. The lowest BCUT2D eigenvalue weighted by Gasteiger charge is -2.09. The minimum absolute atomic E-state index is 0.338. The number of benzene rings is 1. The lowest BCUT2D eigenvalue weighted by molar-refractivity contribution is 0.418. The molecule has 0 amide bonds. The van der Waals surface area contributed by atoms with Gasteiger partial charge in [-0.1, -0.05) is 10.4 Å². The van der Waals surface area contributed by atoms with E-state index in [1.54, 1.807) is 17.1 Å². The fourth-order valence-electron chi connectivity index (χ4n) is 3.01. The van der Waals surface area contributed by atoms with Crippen molar-refractivity contribution in [3.05, 3.63) is 53.8 Å². The number of rotatable bonds is 1. The maximum atomic E-state index is 13.8. The molecular weight excluding hydrogens is 313 g/mol. The van der Waals surface area contributed by atoms with Gasteiger partial charge in [-0.2, -0.15) is 4.98 Å². The zero-order valence-corrected chi connectivity index (χ0v) is 12.5. The summed E-state index contributed by atoms with van der Waals surface area (Å²) in [5, 5.41) is 12.2. The highest BCUT2D eigenvalue weighted by molar-refractivity contribution is 5.61. The van der Waals surface area contributed by atoms with Gasteiger partial charge in [0.15, 0.2) is 0 Å². The number of imidazole rings is 1. The molecular formula is C15H10FN7O. The molecule has 0 fully saturated rings. The van der Waals surface area contributed by atoms with Gasteiger partial charge in [-0.3, -0.25) is 4.57 Å². The minimum atomic E-state index is -0.338. The summed E-state index contributed by atoms with van der Waals surface area (Å²) in [6.45, 7) is 1.87. The molecule has 5 rings (SSSR count). The Hall–Kier alpha value is -3.36. The molecule has 0 aliphatic carbocycles. The molecule has 0 spiro atoms. The summed E-state index contributed by atoms with van der Waals surface area (Å²) in [7, 11) is 0. The van der Waals surface area contributed by atoms with Gasteiger partial charge in [0.2, 0.25) is 12.2 Å². The van der Waals surface area contributed by atoms with Crippen LogP contribution in [0.15, 0.2) is 35.4 Å². The van der Waals surface area contributed by atoms with Crippen molar-refractivity contribution in [2.45, 2.75) is 13.3 Å². The Morgan fingerprint density at radius 1 is 1.17 bits per heavy atom. The Morgan fingerprint density at radius 3 is 2.92 bits per heavy atom. The predicted octanol–water partition coefficient (Wildman–Crippen LogP) is 1.85. The van der Waals surface area contributed by atoms with Crippen molar-refractivity contribution in [3.8, 4) is 22.9 Å². The van der Waals surface area contributed by atoms with Gasteiger partial charge in [-0.25, -0.2) is 14.1 Å². The van der Waals surface area contributed by atoms with Crippen LogP contribution in [0.2, 0.25) is 0 Å². The molecule has 0 atom stereocenters. The first kappa shape index (κ1) is 13.1. The first-order chi connectivity index (χ1) is 11.7. The van der Waals surface area contributed by atoms with E-state index in [0.29, 0.717) is 23.6 Å². The van der Waals surface area contributed by atoms with Crippen LogP contribution in [-0.2, 0) is 6.42 Å². The molecule has 4 aromatic rings. The average Bonchev–Trinajstić information content (AvgIpc) is 3.28. The summed E-state index contributed by atoms with van der Waals surface area (Å²) in [5.41, 5.74) is 4.50. The summed E-state index contributed by atoms with van der Waals surface area (Å²) in [6.07, 6.45) is 3.45. The standard InChI is InChI=1S/C15H10FN7O/c1-8-11-5-13-14(15-18-7-24-20-15)17-6-22(13)10-3-2-9(16)4-12(10)23(11)21-19-8/h2-4,6-7H,5H2,1H3. The third kappa shape index (κ3) is 1.69. The van der Waals surface area contributed by atoms with Crippen molar-refractivity contribution in [2.75, 3.05) is 0 Å². The van der Waals surface area contributed by atoms with E-state index in [-0.39, 0.29) is 5.82 Å². The fraction of sp³-hybridized carbons (Fsp3) is 0.133. The largest absolute Gasteiger partial charge is 0.342 e. The Balaban J connectivity index is 1.85. The number of hydrogen-bond donors (Lipinski definition) is 0. The molecule has 8 nitrogen and oxygen atoms in total. The second-order valence-corrected chi connectivity index (χ2v) is 5.51. The fourth-order valence-corrected chi connectivity index (χ4v) is 3.01. The number of fused-ring (bicyclic) bond motifs is 5. The van der Waals surface area contributed by atoms with Gasteiger partial charge in [0, 0.05) is 12.5 Å². The molecule has 0 saturated heterocycles. The van der Waals surface area contributed by atoms with Gasteiger partial charge in [0.1, 0.15) is 17.8 Å². The van der Waals surface area contributed by atoms with Crippen LogP contribution in [-0.4, -0.2) is 34.7 Å². The zero-order valence-electron chi connectivity index (χ0n) is 12.5. The van der Waals surface area contributed by atoms with Gasteiger partial charge >= 0.3 is 0 Å². The highest BCUT2D eigenvalue weighted by Gasteiger charge is 2.26. The van der Waals surface area contributed by atoms with Crippen molar-refractivity contribution in [1.82, 2.24) is 34.7 Å². The van der Waals surface area contributed by atoms with Crippen LogP contribution in [0.3, 0.4) is 0 Å². The number of halogens is 1. The summed E-state index contributed by atoms with van der Waals surface area (Å²) in [6, 6.07) is 4.55. The van der Waals surface area contributed by atoms with E-state index in [1.165, 1.54) is 18.5 Å². The van der Waals surface area contributed by atoms with E-state index in [2.05, 4.69) is 25.4 Å². The number of nitrogens with zero attached hydrogens (tertiary/aromatic N) is 7. The molecule has 0 saturated carbocycles. The minimum Gasteiger partial charge on any atom is -0.342 e. The molecule has 1 aliphatic heterocycles. The molecule has 9 heteroatoms. The Bertz CT molecular complexity index is 1060. The first-order valence-corrected chi connectivity index (χ1v) is 7.27. The molecule has 0 bridgehead atoms. The van der Waals surface area contributed by atoms with Gasteiger partial charge < -0.3 is 4.52 Å². The maximum absolute atomic E-state index is 13.8. The van der Waals surface area contributed by atoms with Crippen molar-refractivity contribution in [3.63, 3.8) is 0 Å². The molecule has 118 valence electrons. The zero-order chi connectivity index (χ0) is 16.3. The molecule has 0 unspecified atom stereocenters. The first-order valence-electron chi connectivity index (χ1n) is 7.27. The van der Waals surface area contributed by atoms with Crippen LogP contribution in [0.25, 0.3) is 22.9 Å². The van der Waals surface area contributed by atoms with E-state index >= 15 is 0 Å². The summed E-state index contributed by atoms with van der Waals surface area (Å²) in [4.78, 5) is 8.51. The molecule has 0 radical (unpaired) electrons. The molecule has 1 aromatic carbocycles. The van der Waals surface area contributed by atoms with Crippen LogP contribution in [0.5, 0.6) is 0 Å². The van der Waals surface area contributed by atoms with E-state index in [9.17, 15) is 4.39 Å². The third-order valence-corrected chi connectivity index (χ3v) is 4.16. The van der Waals surface area contributed by atoms with Crippen molar-refractivity contribution >= 4 is 0 Å². The van der Waals surface area contributed by atoms with Crippen LogP contribution in [0, 0.1) is 12.7 Å². The highest BCUT2D eigenvalue weighted by Crippen LogP contribution is 2.32. The number of aryl methyl sites for hydroxylation is 1. The second-order valence-electron chi connectivity index (χ2n) is 5.51. The van der Waals surface area contributed by atoms with Crippen molar-refractivity contribution in [1.29, 1.82) is 0 Å². The van der Waals surface area contributed by atoms with Gasteiger partial charge in [0.25, 0.3) is 0 Å². The van der Waals surface area contributed by atoms with E-state index < -0.39 is 0 Å². The monoisotopic (exact) mass is 323 g/mol. The quantitative estimate of drug-likeness (QED) is 0.468. The average molecular weight is 323 g/mol. The highest BCUT2D eigenvalue weighted by atomic mass is 19.1. The van der Waals surface area contributed by atoms with Gasteiger partial charge in [-0.05, 0) is 19.1 Å². The molecule has 0 N–H and O–H groups in total. The summed E-state index contributed by atoms with van der Waals surface area (Å²) in [5.74, 6) is 0.0702. The lowest BCUT2D eigenvalue weighted by atomic mass is 10.1. The van der Waals surface area contributed by atoms with Crippen LogP contribution < -0.4 is 0 Å². The summed E-state index contributed by atoms with van der Waals surface area (Å²) < 4.78 is 22.2. The number of hydrogen-bond acceptors (Lipinski definition) is 6. The van der Waals surface area contributed by atoms with E-state index in [1.807, 2.05) is 11.5 Å². The van der Waals surface area contributed by atoms with E-state index in [0.717, 1.165) is 22.8 Å². The smallest absolute Gasteiger partial charge is 0.222 e. The Kier molecular flexibility index (Phi) is 2.50. The second kappa shape index (κ2) is 4.57. The molecule has 4 heterocycles. The van der Waals surface area contributed by atoms with E-state index in [4.69, 9.17) is 4.52 Å². The van der Waals surface area contributed by atoms with Crippen LogP contribution in [0.1, 0.15) is 17.1 Å². The van der Waals surface area contributed by atoms with Crippen LogP contribution in [0.4, 0.5) is 4.39 Å². The SMILES string of the molecule is Cc1nnn2c1Cc1c(-c3ncon3)ncn1-c1ccc(F)cc1-2.